The van der Waals surface area contributed by atoms with E-state index in [0.29, 0.717) is 13.2 Å². The fourth-order valence-corrected chi connectivity index (χ4v) is 1.15. The zero-order valence-electron chi connectivity index (χ0n) is 9.67. The monoisotopic (exact) mass is 202 g/mol. The maximum atomic E-state index is 11.5. The van der Waals surface area contributed by atoms with Crippen molar-refractivity contribution in [3.8, 4) is 0 Å². The van der Waals surface area contributed by atoms with Gasteiger partial charge in [-0.05, 0) is 27.7 Å². The smallest absolute Gasteiger partial charge is 0.317 e. The van der Waals surface area contributed by atoms with E-state index < -0.39 is 0 Å². The van der Waals surface area contributed by atoms with E-state index in [0.717, 1.165) is 13.1 Å². The van der Waals surface area contributed by atoms with Gasteiger partial charge in [-0.25, -0.2) is 4.79 Å². The highest BCUT2D eigenvalue weighted by molar-refractivity contribution is 5.74. The Hall–Kier alpha value is -0.770. The fourth-order valence-electron chi connectivity index (χ4n) is 1.15. The zero-order valence-corrected chi connectivity index (χ0v) is 9.67. The van der Waals surface area contributed by atoms with Crippen LogP contribution in [0.5, 0.6) is 0 Å². The van der Waals surface area contributed by atoms with Crippen molar-refractivity contribution in [1.82, 2.24) is 10.2 Å². The van der Waals surface area contributed by atoms with Crippen molar-refractivity contribution in [3.05, 3.63) is 0 Å². The van der Waals surface area contributed by atoms with E-state index in [9.17, 15) is 4.79 Å². The van der Waals surface area contributed by atoms with Crippen molar-refractivity contribution in [2.75, 3.05) is 26.3 Å². The van der Waals surface area contributed by atoms with E-state index in [4.69, 9.17) is 4.74 Å². The highest BCUT2D eigenvalue weighted by Crippen LogP contribution is 1.91. The lowest BCUT2D eigenvalue weighted by Crippen LogP contribution is -2.45. The fraction of sp³-hybridized carbons (Fsp3) is 0.900. The lowest BCUT2D eigenvalue weighted by molar-refractivity contribution is 0.125. The summed E-state index contributed by atoms with van der Waals surface area (Å²) in [4.78, 5) is 13.3. The molecule has 0 bridgehead atoms. The highest BCUT2D eigenvalue weighted by Gasteiger charge is 2.11. The van der Waals surface area contributed by atoms with Crippen LogP contribution in [-0.2, 0) is 4.74 Å². The maximum Gasteiger partial charge on any atom is 0.317 e. The van der Waals surface area contributed by atoms with Crippen LogP contribution in [0.3, 0.4) is 0 Å². The molecule has 0 aliphatic carbocycles. The van der Waals surface area contributed by atoms with Gasteiger partial charge < -0.3 is 15.0 Å². The molecule has 4 heteroatoms. The molecule has 0 radical (unpaired) electrons. The third-order valence-corrected chi connectivity index (χ3v) is 1.99. The third-order valence-electron chi connectivity index (χ3n) is 1.99. The van der Waals surface area contributed by atoms with Crippen molar-refractivity contribution in [2.45, 2.75) is 33.7 Å². The molecule has 2 amide bonds. The van der Waals surface area contributed by atoms with E-state index in [2.05, 4.69) is 5.32 Å². The first kappa shape index (κ1) is 13.2. The first-order valence-electron chi connectivity index (χ1n) is 5.28. The lowest BCUT2D eigenvalue weighted by atomic mass is 10.3. The normalized spacial score (nSPS) is 12.3. The second-order valence-electron chi connectivity index (χ2n) is 3.18. The van der Waals surface area contributed by atoms with Gasteiger partial charge in [0, 0.05) is 19.7 Å². The molecule has 14 heavy (non-hydrogen) atoms. The summed E-state index contributed by atoms with van der Waals surface area (Å²) < 4.78 is 5.21. The molecule has 0 aliphatic rings. The molecular formula is C10H22N2O2. The molecule has 4 nitrogen and oxygen atoms in total. The van der Waals surface area contributed by atoms with Gasteiger partial charge in [-0.15, -0.1) is 0 Å². The van der Waals surface area contributed by atoms with Gasteiger partial charge in [-0.1, -0.05) is 0 Å². The average Bonchev–Trinajstić information content (AvgIpc) is 2.16. The summed E-state index contributed by atoms with van der Waals surface area (Å²) in [7, 11) is 0. The minimum Gasteiger partial charge on any atom is -0.380 e. The van der Waals surface area contributed by atoms with E-state index in [1.807, 2.05) is 27.7 Å². The quantitative estimate of drug-likeness (QED) is 0.708. The van der Waals surface area contributed by atoms with Crippen molar-refractivity contribution in [2.24, 2.45) is 0 Å². The highest BCUT2D eigenvalue weighted by atomic mass is 16.5. The summed E-state index contributed by atoms with van der Waals surface area (Å²) in [6.07, 6.45) is 0. The number of nitrogens with zero attached hydrogens (tertiary/aromatic N) is 1. The molecule has 0 aliphatic heterocycles. The SMILES string of the molecule is CCOCC(C)NC(=O)N(CC)CC. The molecule has 0 aromatic carbocycles. The van der Waals surface area contributed by atoms with Crippen LogP contribution < -0.4 is 5.32 Å². The second kappa shape index (κ2) is 7.62. The Morgan fingerprint density at radius 3 is 2.36 bits per heavy atom. The predicted molar refractivity (Wildman–Crippen MR) is 57.4 cm³/mol. The van der Waals surface area contributed by atoms with Gasteiger partial charge in [0.05, 0.1) is 12.6 Å². The average molecular weight is 202 g/mol. The summed E-state index contributed by atoms with van der Waals surface area (Å²) in [5, 5.41) is 2.88. The van der Waals surface area contributed by atoms with Crippen LogP contribution in [0.2, 0.25) is 0 Å². The molecule has 0 spiro atoms. The Morgan fingerprint density at radius 1 is 1.36 bits per heavy atom. The number of hydrogen-bond acceptors (Lipinski definition) is 2. The summed E-state index contributed by atoms with van der Waals surface area (Å²) in [6.45, 7) is 10.6. The molecule has 1 N–H and O–H groups in total. The van der Waals surface area contributed by atoms with E-state index >= 15 is 0 Å². The second-order valence-corrected chi connectivity index (χ2v) is 3.18. The van der Waals surface area contributed by atoms with Gasteiger partial charge in [-0.3, -0.25) is 0 Å². The Balaban J connectivity index is 3.79. The van der Waals surface area contributed by atoms with E-state index in [1.165, 1.54) is 0 Å². The van der Waals surface area contributed by atoms with Crippen LogP contribution in [0.1, 0.15) is 27.7 Å². The number of carbonyl (C=O) groups excluding carboxylic acids is 1. The molecular weight excluding hydrogens is 180 g/mol. The molecule has 0 rings (SSSR count). The minimum atomic E-state index is -0.0118. The van der Waals surface area contributed by atoms with Crippen LogP contribution in [0.25, 0.3) is 0 Å². The number of urea groups is 1. The number of carbonyl (C=O) groups is 1. The Bertz CT molecular complexity index is 158. The number of hydrogen-bond donors (Lipinski definition) is 1. The number of nitrogens with one attached hydrogen (secondary N) is 1. The number of amides is 2. The molecule has 84 valence electrons. The molecule has 0 aromatic rings. The molecule has 0 heterocycles. The van der Waals surface area contributed by atoms with Gasteiger partial charge in [0.25, 0.3) is 0 Å². The molecule has 1 unspecified atom stereocenters. The van der Waals surface area contributed by atoms with Gasteiger partial charge in [0.1, 0.15) is 0 Å². The van der Waals surface area contributed by atoms with Crippen molar-refractivity contribution in [3.63, 3.8) is 0 Å². The maximum absolute atomic E-state index is 11.5. The van der Waals surface area contributed by atoms with Crippen LogP contribution in [0.15, 0.2) is 0 Å². The van der Waals surface area contributed by atoms with Gasteiger partial charge in [0.2, 0.25) is 0 Å². The first-order valence-corrected chi connectivity index (χ1v) is 5.28. The Labute approximate surface area is 86.6 Å². The number of ether oxygens (including phenoxy) is 1. The van der Waals surface area contributed by atoms with Crippen LogP contribution >= 0.6 is 0 Å². The van der Waals surface area contributed by atoms with Crippen molar-refractivity contribution in [1.29, 1.82) is 0 Å². The lowest BCUT2D eigenvalue weighted by Gasteiger charge is -2.22. The number of rotatable bonds is 6. The summed E-state index contributed by atoms with van der Waals surface area (Å²) in [5.41, 5.74) is 0. The van der Waals surface area contributed by atoms with Crippen molar-refractivity contribution < 1.29 is 9.53 Å². The van der Waals surface area contributed by atoms with E-state index in [1.54, 1.807) is 4.90 Å². The summed E-state index contributed by atoms with van der Waals surface area (Å²) in [5.74, 6) is 0. The summed E-state index contributed by atoms with van der Waals surface area (Å²) in [6, 6.07) is 0.0604. The topological polar surface area (TPSA) is 41.6 Å². The largest absolute Gasteiger partial charge is 0.380 e. The molecule has 0 aromatic heterocycles. The Kier molecular flexibility index (Phi) is 7.20. The first-order chi connectivity index (χ1) is 6.65. The van der Waals surface area contributed by atoms with Crippen LogP contribution in [0, 0.1) is 0 Å². The van der Waals surface area contributed by atoms with Gasteiger partial charge in [-0.2, -0.15) is 0 Å². The molecule has 0 fully saturated rings. The summed E-state index contributed by atoms with van der Waals surface area (Å²) >= 11 is 0. The molecule has 0 saturated heterocycles. The van der Waals surface area contributed by atoms with Crippen LogP contribution in [0.4, 0.5) is 4.79 Å². The Morgan fingerprint density at radius 2 is 1.93 bits per heavy atom. The molecule has 0 saturated carbocycles. The molecule has 1 atom stereocenters. The third kappa shape index (κ3) is 5.07. The predicted octanol–water partition coefficient (Wildman–Crippen LogP) is 1.46. The minimum absolute atomic E-state index is 0.0118. The zero-order chi connectivity index (χ0) is 11.0. The van der Waals surface area contributed by atoms with Crippen LogP contribution in [-0.4, -0.2) is 43.3 Å². The van der Waals surface area contributed by atoms with Crippen molar-refractivity contribution >= 4 is 6.03 Å². The van der Waals surface area contributed by atoms with Gasteiger partial charge in [0.15, 0.2) is 0 Å². The standard InChI is InChI=1S/C10H22N2O2/c1-5-12(6-2)10(13)11-9(4)8-14-7-3/h9H,5-8H2,1-4H3,(H,11,13). The van der Waals surface area contributed by atoms with Gasteiger partial charge >= 0.3 is 6.03 Å². The van der Waals surface area contributed by atoms with E-state index in [-0.39, 0.29) is 12.1 Å².